The number of likely N-dealkylation sites (tertiary alicyclic amines) is 1. The van der Waals surface area contributed by atoms with Gasteiger partial charge in [0.2, 0.25) is 5.91 Å². The predicted octanol–water partition coefficient (Wildman–Crippen LogP) is 4.60. The number of hydrogen-bond donors (Lipinski definition) is 0. The topological polar surface area (TPSA) is 37.4 Å². The Bertz CT molecular complexity index is 826. The van der Waals surface area contributed by atoms with Crippen LogP contribution in [0.3, 0.4) is 0 Å². The molecule has 2 unspecified atom stereocenters. The van der Waals surface area contributed by atoms with Gasteiger partial charge in [-0.2, -0.15) is 0 Å². The van der Waals surface area contributed by atoms with Gasteiger partial charge >= 0.3 is 0 Å². The third-order valence-electron chi connectivity index (χ3n) is 5.53. The van der Waals surface area contributed by atoms with Crippen LogP contribution in [-0.4, -0.2) is 16.6 Å². The molecule has 4 rings (SSSR count). The zero-order chi connectivity index (χ0) is 17.9. The number of ketones is 1. The monoisotopic (exact) mass is 345 g/mol. The van der Waals surface area contributed by atoms with Crippen LogP contribution < -0.4 is 0 Å². The Balaban J connectivity index is 1.53. The molecule has 0 spiro atoms. The van der Waals surface area contributed by atoms with Gasteiger partial charge in [0.05, 0.1) is 6.54 Å². The molecule has 0 aromatic heterocycles. The molecule has 0 radical (unpaired) electrons. The summed E-state index contributed by atoms with van der Waals surface area (Å²) in [7, 11) is 0. The first-order chi connectivity index (χ1) is 12.7. The van der Waals surface area contributed by atoms with Gasteiger partial charge in [0.1, 0.15) is 0 Å². The highest BCUT2D eigenvalue weighted by atomic mass is 16.2. The van der Waals surface area contributed by atoms with Crippen LogP contribution in [0.25, 0.3) is 0 Å². The minimum Gasteiger partial charge on any atom is -0.312 e. The van der Waals surface area contributed by atoms with E-state index in [1.807, 2.05) is 53.4 Å². The summed E-state index contributed by atoms with van der Waals surface area (Å²) in [6.45, 7) is 0.624. The molecule has 1 saturated heterocycles. The summed E-state index contributed by atoms with van der Waals surface area (Å²) in [5, 5.41) is 0. The molecule has 2 aliphatic rings. The third kappa shape index (κ3) is 3.34. The maximum atomic E-state index is 12.8. The van der Waals surface area contributed by atoms with Crippen LogP contribution in [0.5, 0.6) is 0 Å². The van der Waals surface area contributed by atoms with Crippen LogP contribution in [0.15, 0.2) is 72.4 Å². The van der Waals surface area contributed by atoms with Gasteiger partial charge in [-0.3, -0.25) is 9.59 Å². The van der Waals surface area contributed by atoms with E-state index < -0.39 is 0 Å². The lowest BCUT2D eigenvalue weighted by Gasteiger charge is -2.39. The SMILES string of the molecule is O=C(c1ccccc1)C1CC=C2C(CCC(=O)N2Cc2ccccc2)C1. The molecular formula is C23H23NO2. The summed E-state index contributed by atoms with van der Waals surface area (Å²) in [5.41, 5.74) is 3.06. The lowest BCUT2D eigenvalue weighted by atomic mass is 9.76. The van der Waals surface area contributed by atoms with Crippen LogP contribution in [0, 0.1) is 11.8 Å². The quantitative estimate of drug-likeness (QED) is 0.759. The van der Waals surface area contributed by atoms with Crippen LogP contribution in [0.1, 0.15) is 41.6 Å². The van der Waals surface area contributed by atoms with Crippen LogP contribution in [0.2, 0.25) is 0 Å². The lowest BCUT2D eigenvalue weighted by molar-refractivity contribution is -0.132. The second-order valence-corrected chi connectivity index (χ2v) is 7.23. The zero-order valence-electron chi connectivity index (χ0n) is 14.8. The van der Waals surface area contributed by atoms with E-state index >= 15 is 0 Å². The molecule has 1 heterocycles. The van der Waals surface area contributed by atoms with Crippen molar-refractivity contribution in [3.63, 3.8) is 0 Å². The highest BCUT2D eigenvalue weighted by Crippen LogP contribution is 2.39. The van der Waals surface area contributed by atoms with E-state index in [0.29, 0.717) is 18.9 Å². The normalized spacial score (nSPS) is 22.5. The summed E-state index contributed by atoms with van der Waals surface area (Å²) in [4.78, 5) is 27.2. The number of benzene rings is 2. The maximum absolute atomic E-state index is 12.8. The molecule has 0 bridgehead atoms. The molecular weight excluding hydrogens is 322 g/mol. The molecule has 1 aliphatic heterocycles. The molecule has 0 saturated carbocycles. The third-order valence-corrected chi connectivity index (χ3v) is 5.53. The summed E-state index contributed by atoms with van der Waals surface area (Å²) in [6, 6.07) is 19.7. The minimum atomic E-state index is 0.0259. The van der Waals surface area contributed by atoms with Crippen molar-refractivity contribution in [2.45, 2.75) is 32.2 Å². The molecule has 26 heavy (non-hydrogen) atoms. The van der Waals surface area contributed by atoms with Crippen molar-refractivity contribution in [1.29, 1.82) is 0 Å². The van der Waals surface area contributed by atoms with Crippen LogP contribution in [-0.2, 0) is 11.3 Å². The largest absolute Gasteiger partial charge is 0.312 e. The number of piperidine rings is 1. The maximum Gasteiger partial charge on any atom is 0.227 e. The van der Waals surface area contributed by atoms with E-state index in [-0.39, 0.29) is 17.6 Å². The molecule has 1 fully saturated rings. The van der Waals surface area contributed by atoms with Crippen molar-refractivity contribution in [3.8, 4) is 0 Å². The van der Waals surface area contributed by atoms with Gasteiger partial charge in [-0.1, -0.05) is 66.7 Å². The molecule has 1 aliphatic carbocycles. The van der Waals surface area contributed by atoms with Crippen molar-refractivity contribution in [1.82, 2.24) is 4.90 Å². The van der Waals surface area contributed by atoms with Crippen molar-refractivity contribution in [2.24, 2.45) is 11.8 Å². The number of fused-ring (bicyclic) bond motifs is 1. The average molecular weight is 345 g/mol. The van der Waals surface area contributed by atoms with Crippen LogP contribution >= 0.6 is 0 Å². The number of hydrogen-bond acceptors (Lipinski definition) is 2. The Kier molecular flexibility index (Phi) is 4.70. The fourth-order valence-corrected chi connectivity index (χ4v) is 4.16. The number of amides is 1. The highest BCUT2D eigenvalue weighted by Gasteiger charge is 2.36. The first-order valence-corrected chi connectivity index (χ1v) is 9.36. The van der Waals surface area contributed by atoms with E-state index in [2.05, 4.69) is 18.2 Å². The lowest BCUT2D eigenvalue weighted by Crippen LogP contribution is -2.40. The average Bonchev–Trinajstić information content (AvgIpc) is 2.71. The standard InChI is InChI=1S/C23H23NO2/c25-22-14-12-19-15-20(23(26)18-9-5-2-6-10-18)11-13-21(19)24(22)16-17-7-3-1-4-8-17/h1-10,13,19-20H,11-12,14-16H2. The van der Waals surface area contributed by atoms with E-state index in [1.165, 1.54) is 0 Å². The zero-order valence-corrected chi connectivity index (χ0v) is 14.8. The smallest absolute Gasteiger partial charge is 0.227 e. The second-order valence-electron chi connectivity index (χ2n) is 7.23. The minimum absolute atomic E-state index is 0.0259. The molecule has 3 nitrogen and oxygen atoms in total. The van der Waals surface area contributed by atoms with Gasteiger partial charge in [0, 0.05) is 29.5 Å². The Labute approximate surface area is 154 Å². The molecule has 1 amide bonds. The first-order valence-electron chi connectivity index (χ1n) is 9.36. The fourth-order valence-electron chi connectivity index (χ4n) is 4.16. The summed E-state index contributed by atoms with van der Waals surface area (Å²) in [6.07, 6.45) is 5.13. The predicted molar refractivity (Wildman–Crippen MR) is 101 cm³/mol. The van der Waals surface area contributed by atoms with Crippen molar-refractivity contribution in [3.05, 3.63) is 83.6 Å². The Morgan fingerprint density at radius 2 is 1.69 bits per heavy atom. The van der Waals surface area contributed by atoms with Gasteiger partial charge in [-0.15, -0.1) is 0 Å². The van der Waals surface area contributed by atoms with E-state index in [9.17, 15) is 9.59 Å². The molecule has 132 valence electrons. The highest BCUT2D eigenvalue weighted by molar-refractivity contribution is 5.98. The van der Waals surface area contributed by atoms with Gasteiger partial charge in [-0.25, -0.2) is 0 Å². The molecule has 2 aromatic rings. The number of Topliss-reactive ketones (excluding diaryl/α,β-unsaturated/α-hetero) is 1. The molecule has 0 N–H and O–H groups in total. The van der Waals surface area contributed by atoms with Gasteiger partial charge in [0.15, 0.2) is 5.78 Å². The van der Waals surface area contributed by atoms with Crippen molar-refractivity contribution >= 4 is 11.7 Å². The number of allylic oxidation sites excluding steroid dienone is 2. The van der Waals surface area contributed by atoms with E-state index in [0.717, 1.165) is 36.1 Å². The Hall–Kier alpha value is -2.68. The van der Waals surface area contributed by atoms with Gasteiger partial charge < -0.3 is 4.90 Å². The number of rotatable bonds is 4. The van der Waals surface area contributed by atoms with Crippen molar-refractivity contribution in [2.75, 3.05) is 0 Å². The number of nitrogens with zero attached hydrogens (tertiary/aromatic N) is 1. The number of carbonyl (C=O) groups is 2. The first kappa shape index (κ1) is 16.8. The van der Waals surface area contributed by atoms with Gasteiger partial charge in [-0.05, 0) is 24.8 Å². The summed E-state index contributed by atoms with van der Waals surface area (Å²) >= 11 is 0. The fraction of sp³-hybridized carbons (Fsp3) is 0.304. The molecule has 3 heteroatoms. The van der Waals surface area contributed by atoms with Crippen molar-refractivity contribution < 1.29 is 9.59 Å². The molecule has 2 aromatic carbocycles. The Morgan fingerprint density at radius 3 is 2.42 bits per heavy atom. The van der Waals surface area contributed by atoms with E-state index in [4.69, 9.17) is 0 Å². The van der Waals surface area contributed by atoms with E-state index in [1.54, 1.807) is 0 Å². The Morgan fingerprint density at radius 1 is 1.00 bits per heavy atom. The second kappa shape index (κ2) is 7.28. The van der Waals surface area contributed by atoms with Crippen LogP contribution in [0.4, 0.5) is 0 Å². The number of carbonyl (C=O) groups excluding carboxylic acids is 2. The van der Waals surface area contributed by atoms with Gasteiger partial charge in [0.25, 0.3) is 0 Å². The molecule has 2 atom stereocenters. The summed E-state index contributed by atoms with van der Waals surface area (Å²) in [5.74, 6) is 0.761. The summed E-state index contributed by atoms with van der Waals surface area (Å²) < 4.78 is 0.